The van der Waals surface area contributed by atoms with Crippen LogP contribution in [0.5, 0.6) is 0 Å². The van der Waals surface area contributed by atoms with Gasteiger partial charge in [0.2, 0.25) is 0 Å². The lowest BCUT2D eigenvalue weighted by atomic mass is 9.96. The molecule has 0 amide bonds. The van der Waals surface area contributed by atoms with Crippen molar-refractivity contribution < 1.29 is 0 Å². The Hall–Kier alpha value is -4.57. The molecule has 0 radical (unpaired) electrons. The van der Waals surface area contributed by atoms with Gasteiger partial charge < -0.3 is 0 Å². The van der Waals surface area contributed by atoms with E-state index in [0.29, 0.717) is 0 Å². The first-order valence-corrected chi connectivity index (χ1v) is 12.0. The third-order valence-corrected chi connectivity index (χ3v) is 8.00. The Kier molecular flexibility index (Phi) is 3.11. The van der Waals surface area contributed by atoms with Crippen molar-refractivity contribution in [1.82, 2.24) is 19.4 Å². The number of nitrogens with zero attached hydrogens (tertiary/aromatic N) is 4. The fraction of sp³-hybridized carbons (Fsp3) is 0.0645. The summed E-state index contributed by atoms with van der Waals surface area (Å²) in [5.74, 6) is 0. The molecule has 0 unspecified atom stereocenters. The zero-order valence-corrected chi connectivity index (χ0v) is 18.8. The van der Waals surface area contributed by atoms with Crippen molar-refractivity contribution in [3.8, 4) is 22.3 Å². The minimum absolute atomic E-state index is 0.917. The Bertz CT molecular complexity index is 2070. The Morgan fingerprint density at radius 3 is 2.43 bits per heavy atom. The summed E-state index contributed by atoms with van der Waals surface area (Å²) in [6.07, 6.45) is 9.51. The quantitative estimate of drug-likeness (QED) is 0.243. The van der Waals surface area contributed by atoms with E-state index in [0.717, 1.165) is 40.4 Å². The molecule has 4 heterocycles. The van der Waals surface area contributed by atoms with Gasteiger partial charge in [-0.15, -0.1) is 0 Å². The molecule has 2 aliphatic carbocycles. The van der Waals surface area contributed by atoms with Crippen molar-refractivity contribution in [2.45, 2.75) is 12.8 Å². The lowest BCUT2D eigenvalue weighted by molar-refractivity contribution is 1.24. The highest BCUT2D eigenvalue weighted by Gasteiger charge is 2.28. The van der Waals surface area contributed by atoms with Gasteiger partial charge in [0.1, 0.15) is 5.65 Å². The van der Waals surface area contributed by atoms with E-state index in [9.17, 15) is 0 Å². The van der Waals surface area contributed by atoms with Crippen molar-refractivity contribution in [1.29, 1.82) is 0 Å². The van der Waals surface area contributed by atoms with E-state index in [1.165, 1.54) is 55.3 Å². The van der Waals surface area contributed by atoms with Crippen LogP contribution in [0.15, 0.2) is 85.5 Å². The summed E-state index contributed by atoms with van der Waals surface area (Å²) >= 11 is 0. The second-order valence-electron chi connectivity index (χ2n) is 9.72. The second-order valence-corrected chi connectivity index (χ2v) is 9.72. The van der Waals surface area contributed by atoms with Crippen LogP contribution in [0, 0.1) is 0 Å². The van der Waals surface area contributed by atoms with Crippen LogP contribution in [0.4, 0.5) is 0 Å². The molecule has 3 aromatic carbocycles. The van der Waals surface area contributed by atoms with Gasteiger partial charge in [-0.05, 0) is 87.0 Å². The second kappa shape index (κ2) is 6.10. The minimum Gasteiger partial charge on any atom is -0.290 e. The summed E-state index contributed by atoms with van der Waals surface area (Å²) < 4.78 is 2.27. The van der Waals surface area contributed by atoms with Crippen LogP contribution in [-0.2, 0) is 12.8 Å². The van der Waals surface area contributed by atoms with Crippen LogP contribution in [0.2, 0.25) is 0 Å². The van der Waals surface area contributed by atoms with Crippen LogP contribution in [0.1, 0.15) is 22.3 Å². The van der Waals surface area contributed by atoms with Crippen molar-refractivity contribution in [3.05, 3.63) is 108 Å². The highest BCUT2D eigenvalue weighted by molar-refractivity contribution is 6.16. The first kappa shape index (κ1) is 17.8. The zero-order valence-electron chi connectivity index (χ0n) is 18.8. The van der Waals surface area contributed by atoms with E-state index in [1.54, 1.807) is 0 Å². The van der Waals surface area contributed by atoms with E-state index in [-0.39, 0.29) is 0 Å². The van der Waals surface area contributed by atoms with E-state index in [4.69, 9.17) is 4.98 Å². The molecule has 35 heavy (non-hydrogen) atoms. The molecule has 0 fully saturated rings. The Morgan fingerprint density at radius 2 is 1.46 bits per heavy atom. The highest BCUT2D eigenvalue weighted by atomic mass is 15.0. The summed E-state index contributed by atoms with van der Waals surface area (Å²) in [6.45, 7) is 0. The molecule has 9 rings (SSSR count). The van der Waals surface area contributed by atoms with E-state index in [2.05, 4.69) is 69.0 Å². The molecule has 0 bridgehead atoms. The van der Waals surface area contributed by atoms with Gasteiger partial charge in [-0.2, -0.15) is 0 Å². The van der Waals surface area contributed by atoms with Gasteiger partial charge in [0, 0.05) is 29.4 Å². The van der Waals surface area contributed by atoms with E-state index >= 15 is 0 Å². The maximum Gasteiger partial charge on any atom is 0.146 e. The van der Waals surface area contributed by atoms with Crippen molar-refractivity contribution >= 4 is 38.4 Å². The molecule has 2 aliphatic rings. The van der Waals surface area contributed by atoms with Crippen LogP contribution in [-0.4, -0.2) is 19.4 Å². The average molecular weight is 447 g/mol. The molecule has 7 aromatic rings. The Morgan fingerprint density at radius 1 is 0.629 bits per heavy atom. The fourth-order valence-corrected chi connectivity index (χ4v) is 6.50. The Balaban J connectivity index is 1.40. The predicted molar refractivity (Wildman–Crippen MR) is 140 cm³/mol. The predicted octanol–water partition coefficient (Wildman–Crippen LogP) is 6.73. The van der Waals surface area contributed by atoms with Gasteiger partial charge in [0.05, 0.1) is 22.7 Å². The smallest absolute Gasteiger partial charge is 0.146 e. The van der Waals surface area contributed by atoms with E-state index < -0.39 is 0 Å². The van der Waals surface area contributed by atoms with Gasteiger partial charge >= 0.3 is 0 Å². The number of fused-ring (bicyclic) bond motifs is 15. The van der Waals surface area contributed by atoms with E-state index in [1.807, 2.05) is 30.9 Å². The first-order chi connectivity index (χ1) is 17.3. The van der Waals surface area contributed by atoms with Crippen molar-refractivity contribution in [3.63, 3.8) is 0 Å². The molecule has 4 nitrogen and oxygen atoms in total. The van der Waals surface area contributed by atoms with Gasteiger partial charge in [0.15, 0.2) is 0 Å². The van der Waals surface area contributed by atoms with Gasteiger partial charge in [0.25, 0.3) is 0 Å². The van der Waals surface area contributed by atoms with Gasteiger partial charge in [-0.25, -0.2) is 4.98 Å². The summed E-state index contributed by atoms with van der Waals surface area (Å²) in [7, 11) is 0. The maximum absolute atomic E-state index is 5.13. The number of rotatable bonds is 0. The fourth-order valence-electron chi connectivity index (χ4n) is 6.50. The molecule has 0 aliphatic heterocycles. The molecule has 0 saturated carbocycles. The molecule has 4 aromatic heterocycles. The maximum atomic E-state index is 5.13. The normalized spacial score (nSPS) is 13.5. The van der Waals surface area contributed by atoms with Gasteiger partial charge in [-0.3, -0.25) is 14.4 Å². The molecule has 162 valence electrons. The molecule has 0 N–H and O–H groups in total. The summed E-state index contributed by atoms with van der Waals surface area (Å²) in [6, 6.07) is 22.4. The lowest BCUT2D eigenvalue weighted by Gasteiger charge is -2.12. The zero-order chi connectivity index (χ0) is 22.7. The number of hydrogen-bond donors (Lipinski definition) is 0. The molecule has 0 spiro atoms. The third kappa shape index (κ3) is 2.15. The van der Waals surface area contributed by atoms with Crippen molar-refractivity contribution in [2.24, 2.45) is 0 Å². The average Bonchev–Trinajstić information content (AvgIpc) is 3.58. The Labute approximate surface area is 200 Å². The summed E-state index contributed by atoms with van der Waals surface area (Å²) in [5, 5.41) is 3.59. The van der Waals surface area contributed by atoms with Gasteiger partial charge in [-0.1, -0.05) is 36.4 Å². The number of pyridine rings is 3. The molecule has 4 heteroatoms. The SMILES string of the molecule is c1ccc2c(c1)Cc1cc3c(cc1-2)Cc1c-3ccc2c3cnccc3n3c4cnccc4nc3c12. The number of aromatic nitrogens is 4. The third-order valence-electron chi connectivity index (χ3n) is 8.00. The molecular weight excluding hydrogens is 428 g/mol. The topological polar surface area (TPSA) is 43.1 Å². The minimum atomic E-state index is 0.917. The molecule has 0 saturated heterocycles. The molecular formula is C31H18N4. The lowest BCUT2D eigenvalue weighted by Crippen LogP contribution is -1.95. The van der Waals surface area contributed by atoms with Crippen LogP contribution in [0.3, 0.4) is 0 Å². The highest BCUT2D eigenvalue weighted by Crippen LogP contribution is 2.47. The summed E-state index contributed by atoms with van der Waals surface area (Å²) in [4.78, 5) is 14.0. The van der Waals surface area contributed by atoms with Crippen LogP contribution < -0.4 is 0 Å². The standard InChI is InChI=1S/C31H18N4/c1-2-4-20-17(3-1)11-18-12-24-19(13-23(18)20)14-25-21(24)5-6-22-26-15-32-10-8-28(26)35-29-16-33-9-7-27(29)34-31(35)30(22)25/h1-10,12-13,15-16H,11,14H2. The molecule has 0 atom stereocenters. The van der Waals surface area contributed by atoms with Crippen LogP contribution >= 0.6 is 0 Å². The number of imidazole rings is 1. The number of benzene rings is 3. The van der Waals surface area contributed by atoms with Crippen LogP contribution in [0.25, 0.3) is 60.6 Å². The van der Waals surface area contributed by atoms with Crippen molar-refractivity contribution in [2.75, 3.05) is 0 Å². The number of hydrogen-bond acceptors (Lipinski definition) is 3. The summed E-state index contributed by atoms with van der Waals surface area (Å²) in [5.41, 5.74) is 15.3. The first-order valence-electron chi connectivity index (χ1n) is 12.0. The largest absolute Gasteiger partial charge is 0.290 e. The monoisotopic (exact) mass is 446 g/mol.